The third-order valence-corrected chi connectivity index (χ3v) is 7.29. The average molecular weight is 385 g/mol. The van der Waals surface area contributed by atoms with Crippen LogP contribution < -0.4 is 5.32 Å². The Morgan fingerprint density at radius 2 is 1.80 bits per heavy atom. The van der Waals surface area contributed by atoms with Crippen molar-refractivity contribution < 1.29 is 17.8 Å². The molecule has 0 saturated heterocycles. The highest BCUT2D eigenvalue weighted by molar-refractivity contribution is 7.93. The van der Waals surface area contributed by atoms with Crippen molar-refractivity contribution in [3.63, 3.8) is 0 Å². The van der Waals surface area contributed by atoms with E-state index in [9.17, 15) is 13.2 Å². The highest BCUT2D eigenvalue weighted by atomic mass is 35.5. The smallest absolute Gasteiger partial charge is 0.249 e. The SMILES string of the molecule is CC(C)[N+]1(C)N=CC=C1NC(=O)C(C)(C)S(=O)(=O)c1ccc(Cl)cc1. The second-order valence-electron chi connectivity index (χ2n) is 6.86. The second kappa shape index (κ2) is 6.55. The number of rotatable bonds is 5. The molecular formula is C17H23ClN3O3S+. The molecule has 1 atom stereocenters. The van der Waals surface area contributed by atoms with Gasteiger partial charge in [-0.25, -0.2) is 8.42 Å². The molecule has 1 aromatic carbocycles. The topological polar surface area (TPSA) is 75.6 Å². The molecule has 0 fully saturated rings. The summed E-state index contributed by atoms with van der Waals surface area (Å²) in [5.41, 5.74) is 0. The highest BCUT2D eigenvalue weighted by Gasteiger charge is 2.45. The van der Waals surface area contributed by atoms with Crippen molar-refractivity contribution in [2.75, 3.05) is 7.05 Å². The second-order valence-corrected chi connectivity index (χ2v) is 9.79. The Morgan fingerprint density at radius 1 is 1.24 bits per heavy atom. The number of sulfone groups is 1. The molecule has 1 amide bonds. The highest BCUT2D eigenvalue weighted by Crippen LogP contribution is 2.29. The first-order chi connectivity index (χ1) is 11.4. The largest absolute Gasteiger partial charge is 0.278 e. The van der Waals surface area contributed by atoms with Crippen LogP contribution in [0.25, 0.3) is 0 Å². The number of hydrogen-bond donors (Lipinski definition) is 1. The number of carbonyl (C=O) groups excluding carboxylic acids is 1. The van der Waals surface area contributed by atoms with Gasteiger partial charge in [-0.1, -0.05) is 16.7 Å². The van der Waals surface area contributed by atoms with Crippen LogP contribution in [0.3, 0.4) is 0 Å². The molecular weight excluding hydrogens is 362 g/mol. The molecule has 8 heteroatoms. The van der Waals surface area contributed by atoms with E-state index in [-0.39, 0.29) is 15.5 Å². The molecule has 136 valence electrons. The first-order valence-corrected chi connectivity index (χ1v) is 9.73. The molecule has 1 N–H and O–H groups in total. The van der Waals surface area contributed by atoms with Crippen LogP contribution in [-0.2, 0) is 14.6 Å². The van der Waals surface area contributed by atoms with Crippen molar-refractivity contribution >= 4 is 33.6 Å². The quantitative estimate of drug-likeness (QED) is 0.793. The first-order valence-electron chi connectivity index (χ1n) is 7.87. The van der Waals surface area contributed by atoms with Crippen LogP contribution in [0.1, 0.15) is 27.7 Å². The lowest BCUT2D eigenvalue weighted by Crippen LogP contribution is -2.53. The molecule has 0 aromatic heterocycles. The van der Waals surface area contributed by atoms with E-state index in [2.05, 4.69) is 10.4 Å². The molecule has 2 rings (SSSR count). The molecule has 1 heterocycles. The minimum atomic E-state index is -3.90. The summed E-state index contributed by atoms with van der Waals surface area (Å²) in [4.78, 5) is 12.8. The molecule has 1 aliphatic heterocycles. The molecule has 25 heavy (non-hydrogen) atoms. The first kappa shape index (κ1) is 19.6. The number of benzene rings is 1. The van der Waals surface area contributed by atoms with Gasteiger partial charge in [-0.05, 0) is 52.0 Å². The van der Waals surface area contributed by atoms with Crippen molar-refractivity contribution in [2.45, 2.75) is 43.4 Å². The van der Waals surface area contributed by atoms with Crippen molar-refractivity contribution in [2.24, 2.45) is 5.10 Å². The van der Waals surface area contributed by atoms with E-state index in [4.69, 9.17) is 11.6 Å². The number of quaternary nitrogens is 1. The van der Waals surface area contributed by atoms with Crippen LogP contribution in [0.5, 0.6) is 0 Å². The van der Waals surface area contributed by atoms with Crippen LogP contribution in [0.4, 0.5) is 0 Å². The van der Waals surface area contributed by atoms with Crippen molar-refractivity contribution in [1.82, 2.24) is 5.32 Å². The van der Waals surface area contributed by atoms with Gasteiger partial charge >= 0.3 is 0 Å². The zero-order chi connectivity index (χ0) is 19.0. The van der Waals surface area contributed by atoms with Gasteiger partial charge in [0.15, 0.2) is 9.84 Å². The van der Waals surface area contributed by atoms with E-state index >= 15 is 0 Å². The summed E-state index contributed by atoms with van der Waals surface area (Å²) in [6.07, 6.45) is 3.29. The van der Waals surface area contributed by atoms with Crippen LogP contribution in [-0.4, -0.2) is 43.0 Å². The molecule has 1 aromatic rings. The number of carbonyl (C=O) groups is 1. The minimum Gasteiger partial charge on any atom is -0.278 e. The van der Waals surface area contributed by atoms with E-state index < -0.39 is 20.5 Å². The van der Waals surface area contributed by atoms with Crippen LogP contribution >= 0.6 is 11.6 Å². The van der Waals surface area contributed by atoms with Gasteiger partial charge in [0.05, 0.1) is 18.2 Å². The monoisotopic (exact) mass is 384 g/mol. The lowest BCUT2D eigenvalue weighted by Gasteiger charge is -2.32. The van der Waals surface area contributed by atoms with Gasteiger partial charge in [0.2, 0.25) is 11.7 Å². The fourth-order valence-electron chi connectivity index (χ4n) is 2.32. The van der Waals surface area contributed by atoms with Crippen LogP contribution in [0, 0.1) is 0 Å². The number of nitrogens with one attached hydrogen (secondary N) is 1. The third kappa shape index (κ3) is 3.36. The Hall–Kier alpha value is -1.70. The fourth-order valence-corrected chi connectivity index (χ4v) is 3.82. The van der Waals surface area contributed by atoms with E-state index in [1.54, 1.807) is 12.3 Å². The molecule has 0 spiro atoms. The fraction of sp³-hybridized carbons (Fsp3) is 0.412. The summed E-state index contributed by atoms with van der Waals surface area (Å²) in [7, 11) is -2.05. The number of hydrogen-bond acceptors (Lipinski definition) is 4. The third-order valence-electron chi connectivity index (χ3n) is 4.62. The Bertz CT molecular complexity index is 842. The zero-order valence-corrected chi connectivity index (χ0v) is 16.5. The summed E-state index contributed by atoms with van der Waals surface area (Å²) >= 11 is 5.82. The Kier molecular flexibility index (Phi) is 5.14. The average Bonchev–Trinajstić information content (AvgIpc) is 2.90. The van der Waals surface area contributed by atoms with Gasteiger partial charge in [0, 0.05) is 11.1 Å². The summed E-state index contributed by atoms with van der Waals surface area (Å²) < 4.78 is 24.3. The maximum Gasteiger partial charge on any atom is 0.249 e. The summed E-state index contributed by atoms with van der Waals surface area (Å²) in [6.45, 7) is 6.72. The molecule has 0 radical (unpaired) electrons. The standard InChI is InChI=1S/C17H22ClN3O3S/c1-12(2)21(5)15(10-11-19-21)20-16(22)17(3,4)25(23,24)14-8-6-13(18)7-9-14/h6-12H,1-5H3/p+1. The van der Waals surface area contributed by atoms with Gasteiger partial charge in [0.1, 0.15) is 10.8 Å². The maximum absolute atomic E-state index is 12.9. The number of amides is 1. The van der Waals surface area contributed by atoms with Crippen molar-refractivity contribution in [1.29, 1.82) is 0 Å². The number of nitrogens with zero attached hydrogens (tertiary/aromatic N) is 2. The van der Waals surface area contributed by atoms with Gasteiger partial charge in [0.25, 0.3) is 0 Å². The predicted octanol–water partition coefficient (Wildman–Crippen LogP) is 2.70. The maximum atomic E-state index is 12.9. The van der Waals surface area contributed by atoms with E-state index in [0.29, 0.717) is 10.8 Å². The van der Waals surface area contributed by atoms with Gasteiger partial charge < -0.3 is 0 Å². The van der Waals surface area contributed by atoms with Crippen LogP contribution in [0.2, 0.25) is 5.02 Å². The number of allylic oxidation sites excluding steroid dienone is 1. The molecule has 6 nitrogen and oxygen atoms in total. The van der Waals surface area contributed by atoms with Gasteiger partial charge in [-0.3, -0.25) is 10.1 Å². The summed E-state index contributed by atoms with van der Waals surface area (Å²) in [5.74, 6) is -0.0661. The molecule has 0 saturated carbocycles. The van der Waals surface area contributed by atoms with E-state index in [1.807, 2.05) is 20.9 Å². The van der Waals surface area contributed by atoms with Gasteiger partial charge in [-0.2, -0.15) is 4.59 Å². The predicted molar refractivity (Wildman–Crippen MR) is 98.8 cm³/mol. The van der Waals surface area contributed by atoms with Gasteiger partial charge in [-0.15, -0.1) is 0 Å². The molecule has 0 bridgehead atoms. The van der Waals surface area contributed by atoms with Crippen molar-refractivity contribution in [3.05, 3.63) is 41.2 Å². The normalized spacial score (nSPS) is 20.7. The summed E-state index contributed by atoms with van der Waals surface area (Å²) in [5, 5.41) is 7.53. The molecule has 1 aliphatic rings. The Morgan fingerprint density at radius 3 is 2.32 bits per heavy atom. The lowest BCUT2D eigenvalue weighted by molar-refractivity contribution is -0.900. The summed E-state index contributed by atoms with van der Waals surface area (Å²) in [6, 6.07) is 5.87. The molecule has 0 aliphatic carbocycles. The van der Waals surface area contributed by atoms with Crippen molar-refractivity contribution in [3.8, 4) is 0 Å². The minimum absolute atomic E-state index is 0.0508. The number of halogens is 1. The Labute approximate surface area is 153 Å². The zero-order valence-electron chi connectivity index (χ0n) is 14.9. The van der Waals surface area contributed by atoms with E-state index in [0.717, 1.165) is 0 Å². The lowest BCUT2D eigenvalue weighted by atomic mass is 10.2. The van der Waals surface area contributed by atoms with E-state index in [1.165, 1.54) is 38.1 Å². The van der Waals surface area contributed by atoms with Crippen LogP contribution in [0.15, 0.2) is 46.2 Å². The Balaban J connectivity index is 2.30. The molecule has 1 unspecified atom stereocenters.